The number of halogens is 1. The molecule has 1 saturated carbocycles. The molecule has 0 aliphatic heterocycles. The van der Waals surface area contributed by atoms with Gasteiger partial charge in [-0.2, -0.15) is 5.10 Å². The van der Waals surface area contributed by atoms with Crippen LogP contribution in [0.4, 0.5) is 4.39 Å². The fourth-order valence-electron chi connectivity index (χ4n) is 1.45. The van der Waals surface area contributed by atoms with Gasteiger partial charge in [-0.3, -0.25) is 4.68 Å². The molecule has 0 atom stereocenters. The van der Waals surface area contributed by atoms with Crippen molar-refractivity contribution in [2.45, 2.75) is 18.8 Å². The third-order valence-electron chi connectivity index (χ3n) is 2.20. The summed E-state index contributed by atoms with van der Waals surface area (Å²) in [4.78, 5) is 10.5. The zero-order valence-electron chi connectivity index (χ0n) is 7.12. The largest absolute Gasteiger partial charge is 0.476 e. The molecule has 70 valence electrons. The van der Waals surface area contributed by atoms with E-state index in [-0.39, 0.29) is 5.92 Å². The van der Waals surface area contributed by atoms with Crippen molar-refractivity contribution < 1.29 is 14.3 Å². The van der Waals surface area contributed by atoms with Crippen molar-refractivity contribution in [3.05, 3.63) is 17.2 Å². The predicted octanol–water partition coefficient (Wildman–Crippen LogP) is 1.13. The molecule has 1 heterocycles. The van der Waals surface area contributed by atoms with E-state index in [4.69, 9.17) is 5.11 Å². The number of aryl methyl sites for hydroxylation is 1. The van der Waals surface area contributed by atoms with Gasteiger partial charge in [0.05, 0.1) is 5.69 Å². The number of aromatic nitrogens is 2. The van der Waals surface area contributed by atoms with Crippen molar-refractivity contribution in [1.82, 2.24) is 9.78 Å². The minimum Gasteiger partial charge on any atom is -0.476 e. The van der Waals surface area contributed by atoms with Crippen LogP contribution in [-0.2, 0) is 7.05 Å². The Morgan fingerprint density at radius 3 is 2.69 bits per heavy atom. The fraction of sp³-hybridized carbons (Fsp3) is 0.500. The van der Waals surface area contributed by atoms with E-state index in [1.54, 1.807) is 7.05 Å². The summed E-state index contributed by atoms with van der Waals surface area (Å²) >= 11 is 0. The molecule has 0 bridgehead atoms. The molecule has 1 aromatic rings. The first-order valence-electron chi connectivity index (χ1n) is 4.07. The minimum atomic E-state index is -1.31. The average molecular weight is 184 g/mol. The molecule has 5 heteroatoms. The Bertz CT molecular complexity index is 368. The number of nitrogens with zero attached hydrogens (tertiary/aromatic N) is 2. The van der Waals surface area contributed by atoms with Gasteiger partial charge >= 0.3 is 5.97 Å². The van der Waals surface area contributed by atoms with E-state index in [1.165, 1.54) is 4.68 Å². The molecule has 0 radical (unpaired) electrons. The summed E-state index contributed by atoms with van der Waals surface area (Å²) in [6, 6.07) is 0. The molecule has 0 amide bonds. The van der Waals surface area contributed by atoms with Crippen LogP contribution in [0.3, 0.4) is 0 Å². The monoisotopic (exact) mass is 184 g/mol. The lowest BCUT2D eigenvalue weighted by Crippen LogP contribution is -2.00. The molecular formula is C8H9FN2O2. The first kappa shape index (κ1) is 8.22. The van der Waals surface area contributed by atoms with Crippen LogP contribution in [0, 0.1) is 5.82 Å². The highest BCUT2D eigenvalue weighted by molar-refractivity contribution is 5.85. The number of hydrogen-bond donors (Lipinski definition) is 1. The van der Waals surface area contributed by atoms with Gasteiger partial charge in [-0.25, -0.2) is 9.18 Å². The van der Waals surface area contributed by atoms with Crippen LogP contribution in [0.1, 0.15) is 34.9 Å². The van der Waals surface area contributed by atoms with E-state index in [2.05, 4.69) is 5.10 Å². The van der Waals surface area contributed by atoms with Crippen LogP contribution in [0.25, 0.3) is 0 Å². The van der Waals surface area contributed by atoms with Crippen LogP contribution in [0.15, 0.2) is 0 Å². The third-order valence-corrected chi connectivity index (χ3v) is 2.20. The van der Waals surface area contributed by atoms with Crippen molar-refractivity contribution >= 4 is 5.97 Å². The number of rotatable bonds is 2. The highest BCUT2D eigenvalue weighted by Gasteiger charge is 2.33. The van der Waals surface area contributed by atoms with E-state index in [0.29, 0.717) is 5.69 Å². The second-order valence-corrected chi connectivity index (χ2v) is 3.25. The highest BCUT2D eigenvalue weighted by atomic mass is 19.1. The number of carboxylic acids is 1. The van der Waals surface area contributed by atoms with Gasteiger partial charge in [-0.1, -0.05) is 0 Å². The smallest absolute Gasteiger partial charge is 0.359 e. The lowest BCUT2D eigenvalue weighted by Gasteiger charge is -1.96. The maximum absolute atomic E-state index is 13.4. The molecule has 1 aromatic heterocycles. The molecule has 0 spiro atoms. The predicted molar refractivity (Wildman–Crippen MR) is 42.1 cm³/mol. The van der Waals surface area contributed by atoms with Crippen LogP contribution in [-0.4, -0.2) is 20.9 Å². The summed E-state index contributed by atoms with van der Waals surface area (Å²) in [5, 5.41) is 12.2. The average Bonchev–Trinajstić information content (AvgIpc) is 2.80. The number of aromatic carboxylic acids is 1. The SMILES string of the molecule is Cn1nc(C(=O)O)c(F)c1C1CC1. The lowest BCUT2D eigenvalue weighted by molar-refractivity contribution is 0.0684. The van der Waals surface area contributed by atoms with E-state index < -0.39 is 17.5 Å². The van der Waals surface area contributed by atoms with E-state index in [1.807, 2.05) is 0 Å². The van der Waals surface area contributed by atoms with E-state index in [9.17, 15) is 9.18 Å². The Hall–Kier alpha value is -1.39. The first-order valence-corrected chi connectivity index (χ1v) is 4.07. The molecule has 1 aliphatic rings. The number of hydrogen-bond acceptors (Lipinski definition) is 2. The summed E-state index contributed by atoms with van der Waals surface area (Å²) in [6.45, 7) is 0. The van der Waals surface area contributed by atoms with Crippen LogP contribution < -0.4 is 0 Å². The first-order chi connectivity index (χ1) is 6.11. The van der Waals surface area contributed by atoms with Gasteiger partial charge in [0.25, 0.3) is 0 Å². The number of carboxylic acid groups (broad SMARTS) is 1. The van der Waals surface area contributed by atoms with Crippen LogP contribution in [0.5, 0.6) is 0 Å². The molecule has 4 nitrogen and oxygen atoms in total. The zero-order chi connectivity index (χ0) is 9.59. The quantitative estimate of drug-likeness (QED) is 0.749. The molecule has 0 unspecified atom stereocenters. The van der Waals surface area contributed by atoms with Gasteiger partial charge in [-0.05, 0) is 12.8 Å². The van der Waals surface area contributed by atoms with Gasteiger partial charge in [-0.15, -0.1) is 0 Å². The van der Waals surface area contributed by atoms with Crippen molar-refractivity contribution in [2.75, 3.05) is 0 Å². The zero-order valence-corrected chi connectivity index (χ0v) is 7.12. The van der Waals surface area contributed by atoms with Gasteiger partial charge in [0.1, 0.15) is 0 Å². The van der Waals surface area contributed by atoms with Crippen molar-refractivity contribution in [3.63, 3.8) is 0 Å². The number of carbonyl (C=O) groups is 1. The normalized spacial score (nSPS) is 16.2. The van der Waals surface area contributed by atoms with Gasteiger partial charge in [0.15, 0.2) is 5.82 Å². The maximum atomic E-state index is 13.4. The van der Waals surface area contributed by atoms with Gasteiger partial charge < -0.3 is 5.11 Å². The van der Waals surface area contributed by atoms with Crippen LogP contribution in [0.2, 0.25) is 0 Å². The van der Waals surface area contributed by atoms with Gasteiger partial charge in [0, 0.05) is 13.0 Å². The summed E-state index contributed by atoms with van der Waals surface area (Å²) in [5.41, 5.74) is -0.0400. The Morgan fingerprint density at radius 2 is 2.31 bits per heavy atom. The second kappa shape index (κ2) is 2.55. The standard InChI is InChI=1S/C8H9FN2O2/c1-11-7(4-2-3-4)5(9)6(10-11)8(12)13/h4H,2-3H2,1H3,(H,12,13). The highest BCUT2D eigenvalue weighted by Crippen LogP contribution is 2.41. The fourth-order valence-corrected chi connectivity index (χ4v) is 1.45. The van der Waals surface area contributed by atoms with Crippen LogP contribution >= 0.6 is 0 Å². The topological polar surface area (TPSA) is 55.1 Å². The second-order valence-electron chi connectivity index (χ2n) is 3.25. The summed E-state index contributed by atoms with van der Waals surface area (Å²) < 4.78 is 14.7. The van der Waals surface area contributed by atoms with Crippen molar-refractivity contribution in [3.8, 4) is 0 Å². The summed E-state index contributed by atoms with van der Waals surface area (Å²) in [7, 11) is 1.57. The molecule has 0 aromatic carbocycles. The minimum absolute atomic E-state index is 0.172. The Morgan fingerprint density at radius 1 is 1.69 bits per heavy atom. The van der Waals surface area contributed by atoms with Gasteiger partial charge in [0.2, 0.25) is 5.69 Å². The molecule has 1 N–H and O–H groups in total. The molecule has 1 aliphatic carbocycles. The Kier molecular flexibility index (Phi) is 1.61. The molecule has 0 saturated heterocycles. The molecule has 13 heavy (non-hydrogen) atoms. The third kappa shape index (κ3) is 1.20. The van der Waals surface area contributed by atoms with E-state index >= 15 is 0 Å². The molecular weight excluding hydrogens is 175 g/mol. The van der Waals surface area contributed by atoms with E-state index in [0.717, 1.165) is 12.8 Å². The Labute approximate surface area is 74.0 Å². The summed E-state index contributed by atoms with van der Waals surface area (Å²) in [6.07, 6.45) is 1.85. The summed E-state index contributed by atoms with van der Waals surface area (Å²) in [5.74, 6) is -1.80. The van der Waals surface area contributed by atoms with Crippen molar-refractivity contribution in [1.29, 1.82) is 0 Å². The van der Waals surface area contributed by atoms with Crippen molar-refractivity contribution in [2.24, 2.45) is 7.05 Å². The maximum Gasteiger partial charge on any atom is 0.359 e. The molecule has 1 fully saturated rings. The lowest BCUT2D eigenvalue weighted by atomic mass is 10.2. The Balaban J connectivity index is 2.50. The molecule has 2 rings (SSSR count).